The van der Waals surface area contributed by atoms with Gasteiger partial charge in [0.25, 0.3) is 0 Å². The lowest BCUT2D eigenvalue weighted by atomic mass is 9.78. The highest BCUT2D eigenvalue weighted by Crippen LogP contribution is 2.33. The van der Waals surface area contributed by atoms with Gasteiger partial charge < -0.3 is 19.3 Å². The Morgan fingerprint density at radius 1 is 1.55 bits per heavy atom. The van der Waals surface area contributed by atoms with Gasteiger partial charge in [-0.15, -0.1) is 0 Å². The molecule has 1 unspecified atom stereocenters. The van der Waals surface area contributed by atoms with E-state index in [2.05, 4.69) is 4.98 Å². The van der Waals surface area contributed by atoms with Crippen LogP contribution in [0.4, 0.5) is 0 Å². The van der Waals surface area contributed by atoms with Crippen LogP contribution in [0.2, 0.25) is 0 Å². The van der Waals surface area contributed by atoms with E-state index in [0.29, 0.717) is 19.7 Å². The van der Waals surface area contributed by atoms with Gasteiger partial charge in [0.1, 0.15) is 12.4 Å². The van der Waals surface area contributed by atoms with Crippen molar-refractivity contribution in [1.82, 2.24) is 14.5 Å². The summed E-state index contributed by atoms with van der Waals surface area (Å²) < 4.78 is 7.07. The highest BCUT2D eigenvalue weighted by Gasteiger charge is 2.36. The number of nitrogens with zero attached hydrogens (tertiary/aromatic N) is 3. The van der Waals surface area contributed by atoms with E-state index in [1.165, 1.54) is 0 Å². The number of aryl methyl sites for hydroxylation is 1. The first kappa shape index (κ1) is 17.0. The fourth-order valence-corrected chi connectivity index (χ4v) is 3.20. The Hall–Kier alpha value is -1.40. The van der Waals surface area contributed by atoms with E-state index in [4.69, 9.17) is 4.74 Å². The molecule has 6 heteroatoms. The van der Waals surface area contributed by atoms with Gasteiger partial charge in [0, 0.05) is 51.0 Å². The molecule has 2 heterocycles. The van der Waals surface area contributed by atoms with Gasteiger partial charge in [-0.2, -0.15) is 0 Å². The molecule has 1 amide bonds. The number of hydrogen-bond donors (Lipinski definition) is 1. The molecule has 1 aliphatic heterocycles. The lowest BCUT2D eigenvalue weighted by Gasteiger charge is -2.42. The fraction of sp³-hybridized carbons (Fsp3) is 0.750. The van der Waals surface area contributed by atoms with Crippen molar-refractivity contribution in [3.05, 3.63) is 18.2 Å². The number of aliphatic hydroxyl groups excluding tert-OH is 1. The highest BCUT2D eigenvalue weighted by atomic mass is 16.5. The summed E-state index contributed by atoms with van der Waals surface area (Å²) in [6.07, 6.45) is 7.07. The average molecular weight is 309 g/mol. The van der Waals surface area contributed by atoms with Crippen LogP contribution in [0.3, 0.4) is 0 Å². The Kier molecular flexibility index (Phi) is 5.97. The molecule has 2 rings (SSSR count). The third kappa shape index (κ3) is 3.87. The van der Waals surface area contributed by atoms with Crippen LogP contribution in [0.15, 0.2) is 12.4 Å². The maximum Gasteiger partial charge on any atom is 0.242 e. The number of amides is 1. The fourth-order valence-electron chi connectivity index (χ4n) is 3.20. The number of aliphatic hydroxyl groups is 1. The number of aromatic nitrogens is 2. The van der Waals surface area contributed by atoms with Crippen molar-refractivity contribution in [3.63, 3.8) is 0 Å². The molecule has 124 valence electrons. The second-order valence-electron chi connectivity index (χ2n) is 6.14. The van der Waals surface area contributed by atoms with E-state index < -0.39 is 0 Å². The molecular weight excluding hydrogens is 282 g/mol. The molecule has 1 aliphatic rings. The van der Waals surface area contributed by atoms with Crippen LogP contribution in [0, 0.1) is 5.41 Å². The van der Waals surface area contributed by atoms with Gasteiger partial charge in [-0.3, -0.25) is 4.79 Å². The van der Waals surface area contributed by atoms with Crippen molar-refractivity contribution in [1.29, 1.82) is 0 Å². The molecule has 0 aliphatic carbocycles. The number of piperidine rings is 1. The van der Waals surface area contributed by atoms with Gasteiger partial charge in [0.2, 0.25) is 5.91 Å². The summed E-state index contributed by atoms with van der Waals surface area (Å²) in [5.74, 6) is 1.03. The standard InChI is InChI=1S/C16H27N3O3/c1-3-14-17-7-9-18(14)11-15(21)19-8-4-5-16(12-19,13-20)6-10-22-2/h7,9,20H,3-6,8,10-13H2,1-2H3. The Labute approximate surface area is 132 Å². The summed E-state index contributed by atoms with van der Waals surface area (Å²) in [5.41, 5.74) is -0.216. The Morgan fingerprint density at radius 3 is 3.05 bits per heavy atom. The quantitative estimate of drug-likeness (QED) is 0.818. The van der Waals surface area contributed by atoms with E-state index >= 15 is 0 Å². The van der Waals surface area contributed by atoms with E-state index in [-0.39, 0.29) is 17.9 Å². The van der Waals surface area contributed by atoms with Gasteiger partial charge in [0.15, 0.2) is 0 Å². The molecule has 1 aromatic rings. The van der Waals surface area contributed by atoms with Gasteiger partial charge in [-0.1, -0.05) is 6.92 Å². The second-order valence-corrected chi connectivity index (χ2v) is 6.14. The minimum atomic E-state index is -0.216. The molecule has 0 saturated carbocycles. The predicted molar refractivity (Wildman–Crippen MR) is 83.4 cm³/mol. The lowest BCUT2D eigenvalue weighted by molar-refractivity contribution is -0.136. The van der Waals surface area contributed by atoms with Crippen LogP contribution in [0.5, 0.6) is 0 Å². The zero-order valence-electron chi connectivity index (χ0n) is 13.6. The number of ether oxygens (including phenoxy) is 1. The van der Waals surface area contributed by atoms with Gasteiger partial charge in [-0.25, -0.2) is 4.98 Å². The summed E-state index contributed by atoms with van der Waals surface area (Å²) in [5, 5.41) is 9.80. The van der Waals surface area contributed by atoms with Crippen LogP contribution < -0.4 is 0 Å². The lowest BCUT2D eigenvalue weighted by Crippen LogP contribution is -2.49. The molecule has 6 nitrogen and oxygen atoms in total. The Bertz CT molecular complexity index is 489. The predicted octanol–water partition coefficient (Wildman–Crippen LogP) is 1.08. The van der Waals surface area contributed by atoms with Gasteiger partial charge in [-0.05, 0) is 19.3 Å². The van der Waals surface area contributed by atoms with Crippen LogP contribution in [0.1, 0.15) is 32.0 Å². The summed E-state index contributed by atoms with van der Waals surface area (Å²) >= 11 is 0. The molecular formula is C16H27N3O3. The van der Waals surface area contributed by atoms with Crippen LogP contribution in [-0.4, -0.2) is 58.9 Å². The number of hydrogen-bond acceptors (Lipinski definition) is 4. The van der Waals surface area contributed by atoms with Crippen LogP contribution in [0.25, 0.3) is 0 Å². The number of carbonyl (C=O) groups excluding carboxylic acids is 1. The number of likely N-dealkylation sites (tertiary alicyclic amines) is 1. The first-order valence-electron chi connectivity index (χ1n) is 8.01. The Balaban J connectivity index is 2.00. The van der Waals surface area contributed by atoms with Crippen molar-refractivity contribution >= 4 is 5.91 Å². The number of imidazole rings is 1. The third-order valence-electron chi connectivity index (χ3n) is 4.61. The first-order chi connectivity index (χ1) is 10.6. The smallest absolute Gasteiger partial charge is 0.242 e. The molecule has 1 saturated heterocycles. The third-order valence-corrected chi connectivity index (χ3v) is 4.61. The van der Waals surface area contributed by atoms with E-state index in [1.54, 1.807) is 13.3 Å². The van der Waals surface area contributed by atoms with Crippen LogP contribution in [-0.2, 0) is 22.5 Å². The van der Waals surface area contributed by atoms with E-state index in [0.717, 1.165) is 38.1 Å². The second kappa shape index (κ2) is 7.74. The van der Waals surface area contributed by atoms with Crippen molar-refractivity contribution in [2.24, 2.45) is 5.41 Å². The molecule has 1 atom stereocenters. The number of carbonyl (C=O) groups is 1. The summed E-state index contributed by atoms with van der Waals surface area (Å²) in [6.45, 7) is 4.46. The van der Waals surface area contributed by atoms with Crippen molar-refractivity contribution in [3.8, 4) is 0 Å². The average Bonchev–Trinajstić information content (AvgIpc) is 3.00. The number of rotatable bonds is 7. The molecule has 1 fully saturated rings. The molecule has 0 radical (unpaired) electrons. The topological polar surface area (TPSA) is 67.6 Å². The minimum absolute atomic E-state index is 0.0997. The molecule has 0 spiro atoms. The number of methoxy groups -OCH3 is 1. The molecule has 1 N–H and O–H groups in total. The Morgan fingerprint density at radius 2 is 2.36 bits per heavy atom. The van der Waals surface area contributed by atoms with Crippen molar-refractivity contribution in [2.45, 2.75) is 39.2 Å². The van der Waals surface area contributed by atoms with Crippen LogP contribution >= 0.6 is 0 Å². The summed E-state index contributed by atoms with van der Waals surface area (Å²) in [4.78, 5) is 18.7. The molecule has 0 aromatic carbocycles. The zero-order chi connectivity index (χ0) is 16.0. The van der Waals surface area contributed by atoms with Crippen molar-refractivity contribution in [2.75, 3.05) is 33.4 Å². The zero-order valence-corrected chi connectivity index (χ0v) is 13.6. The van der Waals surface area contributed by atoms with E-state index in [1.807, 2.05) is 22.6 Å². The SMILES string of the molecule is CCc1nccn1CC(=O)N1CCCC(CO)(CCOC)C1. The van der Waals surface area contributed by atoms with Gasteiger partial charge >= 0.3 is 0 Å². The molecule has 22 heavy (non-hydrogen) atoms. The first-order valence-corrected chi connectivity index (χ1v) is 8.01. The highest BCUT2D eigenvalue weighted by molar-refractivity contribution is 5.76. The van der Waals surface area contributed by atoms with Crippen molar-refractivity contribution < 1.29 is 14.6 Å². The van der Waals surface area contributed by atoms with Gasteiger partial charge in [0.05, 0.1) is 6.61 Å². The summed E-state index contributed by atoms with van der Waals surface area (Å²) in [6, 6.07) is 0. The maximum absolute atomic E-state index is 12.6. The normalized spacial score (nSPS) is 22.0. The maximum atomic E-state index is 12.6. The summed E-state index contributed by atoms with van der Waals surface area (Å²) in [7, 11) is 1.67. The largest absolute Gasteiger partial charge is 0.396 e. The minimum Gasteiger partial charge on any atom is -0.396 e. The monoisotopic (exact) mass is 309 g/mol. The van der Waals surface area contributed by atoms with E-state index in [9.17, 15) is 9.90 Å². The molecule has 0 bridgehead atoms. The molecule has 1 aromatic heterocycles.